The smallest absolute Gasteiger partial charge is 0.416 e. The number of rotatable bonds is 2. The molecule has 0 bridgehead atoms. The van der Waals surface area contributed by atoms with E-state index >= 15 is 0 Å². The molecule has 0 amide bonds. The van der Waals surface area contributed by atoms with Crippen LogP contribution in [-0.4, -0.2) is 43.3 Å². The lowest BCUT2D eigenvalue weighted by atomic mass is 9.98. The molecule has 136 valence electrons. The Morgan fingerprint density at radius 2 is 1.92 bits per heavy atom. The number of alkyl halides is 3. The number of nitrogens with two attached hydrogens (primary N) is 1. The number of ether oxygens (including phenoxy) is 2. The molecule has 2 aliphatic rings. The van der Waals surface area contributed by atoms with Gasteiger partial charge in [0.05, 0.1) is 19.8 Å². The Bertz CT molecular complexity index is 731. The number of halogens is 3. The molecule has 3 rings (SSSR count). The molecule has 0 radical (unpaired) electrons. The molecule has 0 saturated carbocycles. The zero-order chi connectivity index (χ0) is 18.2. The summed E-state index contributed by atoms with van der Waals surface area (Å²) in [6.45, 7) is 1.25. The van der Waals surface area contributed by atoms with Gasteiger partial charge in [-0.2, -0.15) is 13.2 Å². The number of benzene rings is 1. The van der Waals surface area contributed by atoms with Gasteiger partial charge in [0.25, 0.3) is 0 Å². The monoisotopic (exact) mass is 356 g/mol. The first-order valence-electron chi connectivity index (χ1n) is 7.69. The van der Waals surface area contributed by atoms with Crippen LogP contribution in [0.25, 0.3) is 0 Å². The summed E-state index contributed by atoms with van der Waals surface area (Å²) in [5.41, 5.74) is 7.23. The lowest BCUT2D eigenvalue weighted by Crippen LogP contribution is -2.48. The zero-order valence-corrected chi connectivity index (χ0v) is 13.9. The van der Waals surface area contributed by atoms with Crippen molar-refractivity contribution < 1.29 is 22.6 Å². The van der Waals surface area contributed by atoms with Crippen molar-refractivity contribution in [1.82, 2.24) is 10.0 Å². The summed E-state index contributed by atoms with van der Waals surface area (Å²) in [5, 5.41) is 3.73. The summed E-state index contributed by atoms with van der Waals surface area (Å²) in [5.74, 6) is 0.725. The van der Waals surface area contributed by atoms with Gasteiger partial charge in [-0.3, -0.25) is 5.01 Å². The molecule has 0 spiro atoms. The minimum atomic E-state index is -4.33. The van der Waals surface area contributed by atoms with Crippen LogP contribution in [0.3, 0.4) is 0 Å². The molecule has 0 aromatic heterocycles. The third-order valence-corrected chi connectivity index (χ3v) is 4.30. The number of fused-ring (bicyclic) bond motifs is 1. The fourth-order valence-corrected chi connectivity index (χ4v) is 3.04. The summed E-state index contributed by atoms with van der Waals surface area (Å²) >= 11 is 0. The number of nitrogens with zero attached hydrogens (tertiary/aromatic N) is 3. The van der Waals surface area contributed by atoms with Gasteiger partial charge in [0.1, 0.15) is 6.67 Å². The Balaban J connectivity index is 1.83. The standard InChI is InChI=1S/C16H19F3N4O2/c1-24-14-13(20)15(25-2)23(9-21-14)22-6-5-10-7-12(16(17,18)19)4-3-11(10)8-22/h3-4,7H,5-6,8-9,20H2,1-2H3. The average Bonchev–Trinajstić information content (AvgIpc) is 2.59. The van der Waals surface area contributed by atoms with Crippen LogP contribution < -0.4 is 5.73 Å². The normalized spacial score (nSPS) is 18.8. The van der Waals surface area contributed by atoms with Crippen LogP contribution in [-0.2, 0) is 28.6 Å². The van der Waals surface area contributed by atoms with E-state index in [-0.39, 0.29) is 12.4 Å². The first kappa shape index (κ1) is 17.4. The maximum atomic E-state index is 12.9. The van der Waals surface area contributed by atoms with Gasteiger partial charge in [0.2, 0.25) is 11.8 Å². The Hall–Kier alpha value is -2.42. The van der Waals surface area contributed by atoms with Crippen molar-refractivity contribution in [2.45, 2.75) is 19.1 Å². The highest BCUT2D eigenvalue weighted by Gasteiger charge is 2.33. The van der Waals surface area contributed by atoms with Crippen molar-refractivity contribution in [3.05, 3.63) is 46.5 Å². The molecule has 0 aliphatic carbocycles. The first-order chi connectivity index (χ1) is 11.8. The molecule has 0 saturated heterocycles. The lowest BCUT2D eigenvalue weighted by Gasteiger charge is -2.40. The molecule has 2 aliphatic heterocycles. The van der Waals surface area contributed by atoms with Gasteiger partial charge in [-0.05, 0) is 29.7 Å². The predicted molar refractivity (Wildman–Crippen MR) is 84.9 cm³/mol. The van der Waals surface area contributed by atoms with E-state index in [0.717, 1.165) is 11.6 Å². The van der Waals surface area contributed by atoms with E-state index < -0.39 is 11.7 Å². The number of hydrazine groups is 1. The second-order valence-corrected chi connectivity index (χ2v) is 5.75. The molecule has 0 fully saturated rings. The molecule has 2 heterocycles. The van der Waals surface area contributed by atoms with Gasteiger partial charge in [-0.1, -0.05) is 6.07 Å². The molecule has 0 unspecified atom stereocenters. The van der Waals surface area contributed by atoms with Gasteiger partial charge in [0.15, 0.2) is 5.70 Å². The van der Waals surface area contributed by atoms with Crippen molar-refractivity contribution >= 4 is 5.90 Å². The molecule has 6 nitrogen and oxygen atoms in total. The van der Waals surface area contributed by atoms with Crippen molar-refractivity contribution in [2.24, 2.45) is 10.7 Å². The largest absolute Gasteiger partial charge is 0.480 e. The fraction of sp³-hybridized carbons (Fsp3) is 0.438. The van der Waals surface area contributed by atoms with Gasteiger partial charge < -0.3 is 15.2 Å². The number of hydrogen-bond acceptors (Lipinski definition) is 6. The van der Waals surface area contributed by atoms with E-state index in [1.807, 2.05) is 5.01 Å². The van der Waals surface area contributed by atoms with E-state index in [1.54, 1.807) is 5.01 Å². The summed E-state index contributed by atoms with van der Waals surface area (Å²) < 4.78 is 49.1. The van der Waals surface area contributed by atoms with E-state index in [0.29, 0.717) is 36.9 Å². The highest BCUT2D eigenvalue weighted by Crippen LogP contribution is 2.33. The molecule has 2 N–H and O–H groups in total. The van der Waals surface area contributed by atoms with Crippen LogP contribution in [0, 0.1) is 0 Å². The summed E-state index contributed by atoms with van der Waals surface area (Å²) in [7, 11) is 2.98. The SMILES string of the molecule is COC1=NCN(N2CCc3cc(C(F)(F)F)ccc3C2)C(OC)=C1N. The fourth-order valence-electron chi connectivity index (χ4n) is 3.04. The molecular formula is C16H19F3N4O2. The van der Waals surface area contributed by atoms with Crippen LogP contribution in [0.15, 0.2) is 34.8 Å². The molecule has 1 aromatic rings. The summed E-state index contributed by atoms with van der Waals surface area (Å²) in [4.78, 5) is 4.25. The molecule has 9 heteroatoms. The van der Waals surface area contributed by atoms with Crippen LogP contribution in [0.1, 0.15) is 16.7 Å². The highest BCUT2D eigenvalue weighted by atomic mass is 19.4. The lowest BCUT2D eigenvalue weighted by molar-refractivity contribution is -0.137. The van der Waals surface area contributed by atoms with Crippen molar-refractivity contribution in [3.63, 3.8) is 0 Å². The van der Waals surface area contributed by atoms with Gasteiger partial charge >= 0.3 is 6.18 Å². The molecule has 0 atom stereocenters. The first-order valence-corrected chi connectivity index (χ1v) is 7.69. The highest BCUT2D eigenvalue weighted by molar-refractivity contribution is 5.93. The Morgan fingerprint density at radius 1 is 1.16 bits per heavy atom. The van der Waals surface area contributed by atoms with Gasteiger partial charge in [0, 0.05) is 13.1 Å². The van der Waals surface area contributed by atoms with Crippen LogP contribution in [0.5, 0.6) is 0 Å². The van der Waals surface area contributed by atoms with E-state index in [1.165, 1.54) is 26.4 Å². The minimum absolute atomic E-state index is 0.267. The third kappa shape index (κ3) is 3.23. The number of methoxy groups -OCH3 is 2. The van der Waals surface area contributed by atoms with Crippen LogP contribution in [0.4, 0.5) is 13.2 Å². The number of aliphatic imine (C=N–C) groups is 1. The third-order valence-electron chi connectivity index (χ3n) is 4.30. The Kier molecular flexibility index (Phi) is 4.51. The second-order valence-electron chi connectivity index (χ2n) is 5.75. The van der Waals surface area contributed by atoms with E-state index in [2.05, 4.69) is 4.99 Å². The van der Waals surface area contributed by atoms with Gasteiger partial charge in [-0.15, -0.1) is 0 Å². The van der Waals surface area contributed by atoms with E-state index in [9.17, 15) is 13.2 Å². The van der Waals surface area contributed by atoms with Crippen molar-refractivity contribution in [2.75, 3.05) is 27.4 Å². The summed E-state index contributed by atoms with van der Waals surface area (Å²) in [6.07, 6.45) is -3.84. The predicted octanol–water partition coefficient (Wildman–Crippen LogP) is 2.07. The average molecular weight is 356 g/mol. The Labute approximate surface area is 143 Å². The molecular weight excluding hydrogens is 337 g/mol. The second kappa shape index (κ2) is 6.47. The maximum absolute atomic E-state index is 12.9. The molecule has 25 heavy (non-hydrogen) atoms. The van der Waals surface area contributed by atoms with Crippen LogP contribution >= 0.6 is 0 Å². The number of hydrogen-bond donors (Lipinski definition) is 1. The Morgan fingerprint density at radius 3 is 2.56 bits per heavy atom. The minimum Gasteiger partial charge on any atom is -0.480 e. The van der Waals surface area contributed by atoms with Gasteiger partial charge in [-0.25, -0.2) is 10.0 Å². The molecule has 1 aromatic carbocycles. The topological polar surface area (TPSA) is 63.3 Å². The zero-order valence-electron chi connectivity index (χ0n) is 13.9. The van der Waals surface area contributed by atoms with Crippen molar-refractivity contribution in [1.29, 1.82) is 0 Å². The quantitative estimate of drug-likeness (QED) is 0.879. The maximum Gasteiger partial charge on any atom is 0.416 e. The summed E-state index contributed by atoms with van der Waals surface area (Å²) in [6, 6.07) is 3.87. The van der Waals surface area contributed by atoms with Crippen molar-refractivity contribution in [3.8, 4) is 0 Å². The van der Waals surface area contributed by atoms with Crippen LogP contribution in [0.2, 0.25) is 0 Å². The van der Waals surface area contributed by atoms with E-state index in [4.69, 9.17) is 15.2 Å².